The van der Waals surface area contributed by atoms with Crippen molar-refractivity contribution >= 4 is 17.6 Å². The average molecular weight is 300 g/mol. The highest BCUT2D eigenvalue weighted by Crippen LogP contribution is 2.17. The van der Waals surface area contributed by atoms with Crippen LogP contribution in [0.4, 0.5) is 5.69 Å². The Morgan fingerprint density at radius 2 is 1.91 bits per heavy atom. The third-order valence-corrected chi connectivity index (χ3v) is 2.91. The third-order valence-electron chi connectivity index (χ3n) is 2.91. The molecule has 0 saturated carbocycles. The minimum Gasteiger partial charge on any atom is -0.497 e. The van der Waals surface area contributed by atoms with Gasteiger partial charge in [0.05, 0.1) is 12.7 Å². The summed E-state index contributed by atoms with van der Waals surface area (Å²) in [5.41, 5.74) is 0.909. The summed E-state index contributed by atoms with van der Waals surface area (Å²) in [7, 11) is 1.54. The van der Waals surface area contributed by atoms with Gasteiger partial charge in [-0.2, -0.15) is 0 Å². The van der Waals surface area contributed by atoms with Crippen molar-refractivity contribution in [3.05, 3.63) is 54.4 Å². The van der Waals surface area contributed by atoms with E-state index in [0.29, 0.717) is 17.0 Å². The van der Waals surface area contributed by atoms with E-state index in [4.69, 9.17) is 9.47 Å². The summed E-state index contributed by atoms with van der Waals surface area (Å²) < 4.78 is 10.2. The molecule has 1 aromatic carbocycles. The lowest BCUT2D eigenvalue weighted by atomic mass is 10.2. The molecule has 2 aromatic rings. The second kappa shape index (κ2) is 7.21. The number of carbonyl (C=O) groups excluding carboxylic acids is 2. The summed E-state index contributed by atoms with van der Waals surface area (Å²) in [6.07, 6.45) is 2.04. The number of aromatic nitrogens is 1. The molecule has 1 atom stereocenters. The number of esters is 1. The van der Waals surface area contributed by atoms with Gasteiger partial charge in [0.15, 0.2) is 6.10 Å². The molecule has 1 unspecified atom stereocenters. The van der Waals surface area contributed by atoms with E-state index in [9.17, 15) is 9.59 Å². The van der Waals surface area contributed by atoms with Crippen LogP contribution in [0.3, 0.4) is 0 Å². The molecule has 0 aliphatic carbocycles. The zero-order chi connectivity index (χ0) is 15.9. The van der Waals surface area contributed by atoms with Gasteiger partial charge in [-0.15, -0.1) is 0 Å². The van der Waals surface area contributed by atoms with Gasteiger partial charge in [0.1, 0.15) is 5.75 Å². The molecule has 1 amide bonds. The van der Waals surface area contributed by atoms with Gasteiger partial charge in [-0.3, -0.25) is 9.78 Å². The van der Waals surface area contributed by atoms with Crippen LogP contribution in [0.5, 0.6) is 5.75 Å². The van der Waals surface area contributed by atoms with Crippen molar-refractivity contribution in [2.24, 2.45) is 0 Å². The smallest absolute Gasteiger partial charge is 0.339 e. The van der Waals surface area contributed by atoms with E-state index in [1.54, 1.807) is 31.4 Å². The Labute approximate surface area is 128 Å². The Kier molecular flexibility index (Phi) is 5.08. The molecule has 0 radical (unpaired) electrons. The van der Waals surface area contributed by atoms with Crippen molar-refractivity contribution in [2.75, 3.05) is 12.4 Å². The van der Waals surface area contributed by atoms with E-state index >= 15 is 0 Å². The maximum atomic E-state index is 12.0. The van der Waals surface area contributed by atoms with Gasteiger partial charge in [-0.05, 0) is 31.2 Å². The summed E-state index contributed by atoms with van der Waals surface area (Å²) >= 11 is 0. The Morgan fingerprint density at radius 1 is 1.18 bits per heavy atom. The Bertz CT molecular complexity index is 658. The SMILES string of the molecule is COc1cccc(NC(=O)C(C)OC(=O)c2ccncc2)c1. The highest BCUT2D eigenvalue weighted by atomic mass is 16.5. The van der Waals surface area contributed by atoms with Crippen LogP contribution >= 0.6 is 0 Å². The number of nitrogens with zero attached hydrogens (tertiary/aromatic N) is 1. The Hall–Kier alpha value is -2.89. The fourth-order valence-electron chi connectivity index (χ4n) is 1.71. The van der Waals surface area contributed by atoms with Crippen LogP contribution in [0.1, 0.15) is 17.3 Å². The quantitative estimate of drug-likeness (QED) is 0.857. The lowest BCUT2D eigenvalue weighted by Gasteiger charge is -2.14. The molecule has 0 aliphatic rings. The van der Waals surface area contributed by atoms with Crippen LogP contribution in [0, 0.1) is 0 Å². The first-order valence-electron chi connectivity index (χ1n) is 6.66. The van der Waals surface area contributed by atoms with Crippen LogP contribution in [0.2, 0.25) is 0 Å². The lowest BCUT2D eigenvalue weighted by Crippen LogP contribution is -2.30. The van der Waals surface area contributed by atoms with E-state index in [1.807, 2.05) is 0 Å². The average Bonchev–Trinajstić information content (AvgIpc) is 2.55. The molecule has 6 heteroatoms. The fraction of sp³-hybridized carbons (Fsp3) is 0.188. The Balaban J connectivity index is 1.96. The molecular weight excluding hydrogens is 284 g/mol. The van der Waals surface area contributed by atoms with Crippen LogP contribution in [0.25, 0.3) is 0 Å². The summed E-state index contributed by atoms with van der Waals surface area (Å²) in [5.74, 6) is -0.370. The predicted molar refractivity (Wildman–Crippen MR) is 80.7 cm³/mol. The molecule has 1 aromatic heterocycles. The van der Waals surface area contributed by atoms with Gasteiger partial charge in [0, 0.05) is 24.1 Å². The highest BCUT2D eigenvalue weighted by molar-refractivity contribution is 5.97. The van der Waals surface area contributed by atoms with Gasteiger partial charge >= 0.3 is 5.97 Å². The minimum absolute atomic E-state index is 0.344. The van der Waals surface area contributed by atoms with E-state index < -0.39 is 18.0 Å². The van der Waals surface area contributed by atoms with E-state index in [2.05, 4.69) is 10.3 Å². The minimum atomic E-state index is -0.924. The van der Waals surface area contributed by atoms with Crippen LogP contribution in [-0.2, 0) is 9.53 Å². The second-order valence-corrected chi connectivity index (χ2v) is 4.50. The van der Waals surface area contributed by atoms with Gasteiger partial charge in [0.25, 0.3) is 5.91 Å². The first-order chi connectivity index (χ1) is 10.6. The number of carbonyl (C=O) groups is 2. The molecule has 0 spiro atoms. The first kappa shape index (κ1) is 15.5. The summed E-state index contributed by atoms with van der Waals surface area (Å²) in [4.78, 5) is 27.7. The fourth-order valence-corrected chi connectivity index (χ4v) is 1.71. The third kappa shape index (κ3) is 4.05. The van der Waals surface area contributed by atoms with Crippen molar-refractivity contribution < 1.29 is 19.1 Å². The number of ether oxygens (including phenoxy) is 2. The molecular formula is C16H16N2O4. The summed E-state index contributed by atoms with van der Waals surface area (Å²) in [6.45, 7) is 1.51. The molecule has 6 nitrogen and oxygen atoms in total. The van der Waals surface area contributed by atoms with Gasteiger partial charge < -0.3 is 14.8 Å². The molecule has 114 valence electrons. The van der Waals surface area contributed by atoms with Gasteiger partial charge in [-0.1, -0.05) is 6.07 Å². The Morgan fingerprint density at radius 3 is 2.59 bits per heavy atom. The van der Waals surface area contributed by atoms with Crippen LogP contribution in [0.15, 0.2) is 48.8 Å². The highest BCUT2D eigenvalue weighted by Gasteiger charge is 2.19. The number of pyridine rings is 1. The number of hydrogen-bond donors (Lipinski definition) is 1. The van der Waals surface area contributed by atoms with Crippen molar-refractivity contribution in [2.45, 2.75) is 13.0 Å². The molecule has 1 heterocycles. The maximum absolute atomic E-state index is 12.0. The molecule has 0 aliphatic heterocycles. The van der Waals surface area contributed by atoms with Crippen molar-refractivity contribution in [1.29, 1.82) is 0 Å². The van der Waals surface area contributed by atoms with Crippen LogP contribution < -0.4 is 10.1 Å². The first-order valence-corrected chi connectivity index (χ1v) is 6.66. The number of anilines is 1. The van der Waals surface area contributed by atoms with E-state index in [0.717, 1.165) is 0 Å². The number of nitrogens with one attached hydrogen (secondary N) is 1. The zero-order valence-corrected chi connectivity index (χ0v) is 12.3. The topological polar surface area (TPSA) is 77.5 Å². The second-order valence-electron chi connectivity index (χ2n) is 4.50. The van der Waals surface area contributed by atoms with E-state index in [1.165, 1.54) is 31.5 Å². The normalized spacial score (nSPS) is 11.4. The lowest BCUT2D eigenvalue weighted by molar-refractivity contribution is -0.123. The molecule has 2 rings (SSSR count). The van der Waals surface area contributed by atoms with Crippen molar-refractivity contribution in [3.63, 3.8) is 0 Å². The van der Waals surface area contributed by atoms with Crippen molar-refractivity contribution in [1.82, 2.24) is 4.98 Å². The van der Waals surface area contributed by atoms with Gasteiger partial charge in [-0.25, -0.2) is 4.79 Å². The largest absolute Gasteiger partial charge is 0.497 e. The molecule has 0 fully saturated rings. The number of hydrogen-bond acceptors (Lipinski definition) is 5. The standard InChI is InChI=1S/C16H16N2O4/c1-11(22-16(20)12-6-8-17-9-7-12)15(19)18-13-4-3-5-14(10-13)21-2/h3-11H,1-2H3,(H,18,19). The number of benzene rings is 1. The summed E-state index contributed by atoms with van der Waals surface area (Å²) in [6, 6.07) is 9.96. The predicted octanol–water partition coefficient (Wildman–Crippen LogP) is 2.27. The number of rotatable bonds is 5. The number of methoxy groups -OCH3 is 1. The molecule has 0 bridgehead atoms. The zero-order valence-electron chi connectivity index (χ0n) is 12.3. The molecule has 1 N–H and O–H groups in total. The van der Waals surface area contributed by atoms with E-state index in [-0.39, 0.29) is 0 Å². The van der Waals surface area contributed by atoms with Crippen molar-refractivity contribution in [3.8, 4) is 5.75 Å². The molecule has 22 heavy (non-hydrogen) atoms. The van der Waals surface area contributed by atoms with Crippen LogP contribution in [-0.4, -0.2) is 30.1 Å². The van der Waals surface area contributed by atoms with Gasteiger partial charge in [0.2, 0.25) is 0 Å². The molecule has 0 saturated heterocycles. The monoisotopic (exact) mass is 300 g/mol. The maximum Gasteiger partial charge on any atom is 0.339 e. The summed E-state index contributed by atoms with van der Waals surface area (Å²) in [5, 5.41) is 2.66. The number of amides is 1.